The van der Waals surface area contributed by atoms with E-state index in [9.17, 15) is 9.46 Å². The van der Waals surface area contributed by atoms with Crippen LogP contribution >= 0.6 is 8.03 Å². The standard InChI is InChI=1S/C20H15O3P/c1-19(24(21)22)12-16-15-10-6-5-7-13(15)11-17(16)20(18(19)23-20)14-8-3-2-4-9-14/h2-12,18H,1H3. The van der Waals surface area contributed by atoms with Gasteiger partial charge in [-0.05, 0) is 46.9 Å². The van der Waals surface area contributed by atoms with Crippen LogP contribution in [0.3, 0.4) is 0 Å². The Morgan fingerprint density at radius 1 is 1.08 bits per heavy atom. The van der Waals surface area contributed by atoms with Crippen molar-refractivity contribution in [3.05, 3.63) is 82.9 Å². The van der Waals surface area contributed by atoms with Crippen LogP contribution in [0, 0.1) is 0 Å². The molecule has 4 unspecified atom stereocenters. The summed E-state index contributed by atoms with van der Waals surface area (Å²) in [6.45, 7) is 1.76. The van der Waals surface area contributed by atoms with Crippen LogP contribution in [0.1, 0.15) is 23.6 Å². The molecule has 0 N–H and O–H groups in total. The number of rotatable bonds is 2. The Hall–Kier alpha value is -2.06. The monoisotopic (exact) mass is 334 g/mol. The normalized spacial score (nSPS) is 32.9. The molecule has 24 heavy (non-hydrogen) atoms. The van der Waals surface area contributed by atoms with Gasteiger partial charge in [0.15, 0.2) is 5.60 Å². The molecule has 0 bridgehead atoms. The van der Waals surface area contributed by atoms with Crippen LogP contribution in [0.15, 0.2) is 66.2 Å². The van der Waals surface area contributed by atoms with E-state index in [0.717, 1.165) is 27.8 Å². The zero-order valence-electron chi connectivity index (χ0n) is 13.1. The van der Waals surface area contributed by atoms with Crippen molar-refractivity contribution in [2.45, 2.75) is 23.8 Å². The number of benzene rings is 2. The fourth-order valence-corrected chi connectivity index (χ4v) is 4.83. The Labute approximate surface area is 141 Å². The van der Waals surface area contributed by atoms with E-state index in [1.54, 1.807) is 6.92 Å². The van der Waals surface area contributed by atoms with Gasteiger partial charge in [0.25, 0.3) is 0 Å². The van der Waals surface area contributed by atoms with Crippen molar-refractivity contribution < 1.29 is 14.2 Å². The van der Waals surface area contributed by atoms with Crippen molar-refractivity contribution >= 4 is 19.7 Å². The molecule has 0 radical (unpaired) electrons. The van der Waals surface area contributed by atoms with Crippen LogP contribution in [-0.2, 0) is 14.9 Å². The summed E-state index contributed by atoms with van der Waals surface area (Å²) in [6, 6.07) is 18.0. The molecule has 118 valence electrons. The fraction of sp³-hybridized carbons (Fsp3) is 0.200. The van der Waals surface area contributed by atoms with Gasteiger partial charge in [-0.2, -0.15) is 0 Å². The van der Waals surface area contributed by atoms with E-state index >= 15 is 0 Å². The summed E-state index contributed by atoms with van der Waals surface area (Å²) in [4.78, 5) is 12.1. The van der Waals surface area contributed by atoms with E-state index in [2.05, 4.69) is 12.1 Å². The third-order valence-corrected chi connectivity index (χ3v) is 6.57. The maximum Gasteiger partial charge on any atom is 0.322 e. The first-order chi connectivity index (χ1) is 11.6. The molecular weight excluding hydrogens is 319 g/mol. The van der Waals surface area contributed by atoms with Crippen LogP contribution in [0.5, 0.6) is 0 Å². The molecule has 1 saturated heterocycles. The van der Waals surface area contributed by atoms with Crippen molar-refractivity contribution in [2.24, 2.45) is 0 Å². The largest absolute Gasteiger partial charge is 0.595 e. The highest BCUT2D eigenvalue weighted by molar-refractivity contribution is 7.39. The molecule has 4 atom stereocenters. The highest BCUT2D eigenvalue weighted by atomic mass is 31.1. The van der Waals surface area contributed by atoms with Gasteiger partial charge in [-0.25, -0.2) is 0 Å². The first-order valence-electron chi connectivity index (χ1n) is 8.00. The summed E-state index contributed by atoms with van der Waals surface area (Å²) in [5, 5.41) is -1.00. The van der Waals surface area contributed by atoms with Gasteiger partial charge in [-0.1, -0.05) is 59.2 Å². The van der Waals surface area contributed by atoms with Crippen LogP contribution in [-0.4, -0.2) is 11.3 Å². The van der Waals surface area contributed by atoms with Gasteiger partial charge in [-0.3, -0.25) is 0 Å². The van der Waals surface area contributed by atoms with Crippen LogP contribution in [0.4, 0.5) is 0 Å². The lowest BCUT2D eigenvalue weighted by atomic mass is 9.75. The molecular formula is C20H15O3P. The lowest BCUT2D eigenvalue weighted by Gasteiger charge is -2.27. The molecule has 1 fully saturated rings. The third-order valence-electron chi connectivity index (χ3n) is 5.42. The van der Waals surface area contributed by atoms with Crippen molar-refractivity contribution in [1.29, 1.82) is 0 Å². The van der Waals surface area contributed by atoms with Crippen molar-refractivity contribution in [2.75, 3.05) is 0 Å². The van der Waals surface area contributed by atoms with Gasteiger partial charge < -0.3 is 9.63 Å². The summed E-state index contributed by atoms with van der Waals surface area (Å²) in [5.74, 6) is 0. The van der Waals surface area contributed by atoms with Gasteiger partial charge in [0.2, 0.25) is 5.16 Å². The lowest BCUT2D eigenvalue weighted by molar-refractivity contribution is -0.168. The van der Waals surface area contributed by atoms with Gasteiger partial charge in [-0.15, -0.1) is 0 Å². The minimum absolute atomic E-state index is 0.377. The maximum absolute atomic E-state index is 12.1. The molecule has 5 rings (SSSR count). The molecule has 0 saturated carbocycles. The van der Waals surface area contributed by atoms with E-state index in [0.29, 0.717) is 0 Å². The first-order valence-corrected chi connectivity index (χ1v) is 9.18. The van der Waals surface area contributed by atoms with Gasteiger partial charge in [0, 0.05) is 0 Å². The summed E-state index contributed by atoms with van der Waals surface area (Å²) < 4.78 is 18.2. The Morgan fingerprint density at radius 2 is 1.79 bits per heavy atom. The highest BCUT2D eigenvalue weighted by Crippen LogP contribution is 2.68. The zero-order chi connectivity index (χ0) is 16.5. The molecule has 3 aliphatic rings. The highest BCUT2D eigenvalue weighted by Gasteiger charge is 2.74. The quantitative estimate of drug-likeness (QED) is 0.622. The number of fused-ring (bicyclic) bond motifs is 5. The number of hydrogen-bond acceptors (Lipinski definition) is 3. The van der Waals surface area contributed by atoms with E-state index in [1.807, 2.05) is 54.6 Å². The molecule has 2 aromatic carbocycles. The van der Waals surface area contributed by atoms with E-state index in [4.69, 9.17) is 4.74 Å². The number of epoxide rings is 1. The minimum atomic E-state index is -2.66. The predicted molar refractivity (Wildman–Crippen MR) is 91.4 cm³/mol. The molecule has 2 aromatic rings. The molecule has 0 spiro atoms. The lowest BCUT2D eigenvalue weighted by Crippen LogP contribution is -2.37. The third kappa shape index (κ3) is 1.60. The van der Waals surface area contributed by atoms with Gasteiger partial charge in [0.1, 0.15) is 6.10 Å². The van der Waals surface area contributed by atoms with Crippen molar-refractivity contribution in [3.63, 3.8) is 0 Å². The van der Waals surface area contributed by atoms with E-state index in [-0.39, 0.29) is 6.10 Å². The average Bonchev–Trinajstić information content (AvgIpc) is 3.28. The van der Waals surface area contributed by atoms with Crippen molar-refractivity contribution in [1.82, 2.24) is 0 Å². The summed E-state index contributed by atoms with van der Waals surface area (Å²) in [7, 11) is -2.66. The average molecular weight is 334 g/mol. The second-order valence-corrected chi connectivity index (χ2v) is 8.26. The molecule has 2 aliphatic carbocycles. The second kappa shape index (κ2) is 4.52. The molecule has 3 nitrogen and oxygen atoms in total. The Bertz CT molecular complexity index is 946. The van der Waals surface area contributed by atoms with Crippen LogP contribution in [0.2, 0.25) is 0 Å². The molecule has 0 aromatic heterocycles. The SMILES string of the molecule is CC1([P+](=O)[O-])C=C2C(=Cc3ccccc32)C2(c3ccccc3)OC21. The van der Waals surface area contributed by atoms with E-state index in [1.165, 1.54) is 0 Å². The van der Waals surface area contributed by atoms with E-state index < -0.39 is 18.8 Å². The summed E-state index contributed by atoms with van der Waals surface area (Å²) in [5.41, 5.74) is 4.63. The first kappa shape index (κ1) is 14.3. The second-order valence-electron chi connectivity index (χ2n) is 6.79. The molecule has 1 heterocycles. The predicted octanol–water partition coefficient (Wildman–Crippen LogP) is 3.64. The van der Waals surface area contributed by atoms with Gasteiger partial charge >= 0.3 is 8.03 Å². The fourth-order valence-electron chi connectivity index (χ4n) is 4.17. The summed E-state index contributed by atoms with van der Waals surface area (Å²) in [6.07, 6.45) is 3.65. The Balaban J connectivity index is 1.80. The Morgan fingerprint density at radius 3 is 2.54 bits per heavy atom. The smallest absolute Gasteiger partial charge is 0.322 e. The minimum Gasteiger partial charge on any atom is -0.595 e. The van der Waals surface area contributed by atoms with Crippen LogP contribution < -0.4 is 4.89 Å². The van der Waals surface area contributed by atoms with Crippen LogP contribution in [0.25, 0.3) is 11.6 Å². The molecule has 1 aliphatic heterocycles. The van der Waals surface area contributed by atoms with Gasteiger partial charge in [0.05, 0.1) is 0 Å². The molecule has 0 amide bonds. The topological polar surface area (TPSA) is 52.7 Å². The number of ether oxygens (including phenoxy) is 1. The molecule has 4 heteroatoms. The number of hydrogen-bond donors (Lipinski definition) is 0. The maximum atomic E-state index is 12.1. The zero-order valence-corrected chi connectivity index (χ0v) is 14.0. The summed E-state index contributed by atoms with van der Waals surface area (Å²) >= 11 is 0. The Kier molecular flexibility index (Phi) is 2.69. The van der Waals surface area contributed by atoms with Crippen molar-refractivity contribution in [3.8, 4) is 0 Å².